The van der Waals surface area contributed by atoms with Crippen LogP contribution in [0.4, 0.5) is 19.0 Å². The zero-order valence-corrected chi connectivity index (χ0v) is 15.3. The number of aryl methyl sites for hydroxylation is 3. The van der Waals surface area contributed by atoms with E-state index in [1.54, 1.807) is 13.0 Å². The first-order valence-corrected chi connectivity index (χ1v) is 8.19. The fourth-order valence-electron chi connectivity index (χ4n) is 3.04. The van der Waals surface area contributed by atoms with Gasteiger partial charge in [0.2, 0.25) is 0 Å². The first-order valence-electron chi connectivity index (χ1n) is 8.19. The lowest BCUT2D eigenvalue weighted by Crippen LogP contribution is -2.25. The molecule has 1 atom stereocenters. The molecule has 8 heteroatoms. The van der Waals surface area contributed by atoms with Gasteiger partial charge in [-0.3, -0.25) is 0 Å². The number of nitrogens with zero attached hydrogens (tertiary/aromatic N) is 5. The van der Waals surface area contributed by atoms with E-state index in [9.17, 15) is 13.2 Å². The Hall–Kier alpha value is -2.64. The minimum absolute atomic E-state index is 0.0630. The SMILES string of the molecule is Cc1ccc(C(C)N(C)c2cc(C)nc3nc(C(F)(F)F)nn23)c(C)c1. The second-order valence-corrected chi connectivity index (χ2v) is 6.55. The van der Waals surface area contributed by atoms with Crippen molar-refractivity contribution in [3.63, 3.8) is 0 Å². The van der Waals surface area contributed by atoms with Gasteiger partial charge in [0, 0.05) is 18.8 Å². The molecular weight excluding hydrogens is 343 g/mol. The van der Waals surface area contributed by atoms with Crippen LogP contribution < -0.4 is 4.90 Å². The van der Waals surface area contributed by atoms with Crippen molar-refractivity contribution in [3.8, 4) is 0 Å². The highest BCUT2D eigenvalue weighted by Crippen LogP contribution is 2.30. The Balaban J connectivity index is 2.09. The third-order valence-electron chi connectivity index (χ3n) is 4.49. The van der Waals surface area contributed by atoms with Gasteiger partial charge in [0.05, 0.1) is 6.04 Å². The molecule has 0 aliphatic carbocycles. The van der Waals surface area contributed by atoms with E-state index in [1.165, 1.54) is 0 Å². The Labute approximate surface area is 149 Å². The van der Waals surface area contributed by atoms with E-state index in [0.717, 1.165) is 21.2 Å². The quantitative estimate of drug-likeness (QED) is 0.697. The number of rotatable bonds is 3. The van der Waals surface area contributed by atoms with Crippen molar-refractivity contribution in [1.29, 1.82) is 0 Å². The molecule has 0 radical (unpaired) electrons. The van der Waals surface area contributed by atoms with Crippen LogP contribution in [0.2, 0.25) is 0 Å². The molecule has 0 N–H and O–H groups in total. The maximum Gasteiger partial charge on any atom is 0.453 e. The number of alkyl halides is 3. The van der Waals surface area contributed by atoms with Crippen LogP contribution in [-0.4, -0.2) is 26.6 Å². The zero-order valence-electron chi connectivity index (χ0n) is 15.3. The van der Waals surface area contributed by atoms with Gasteiger partial charge in [-0.15, -0.1) is 5.10 Å². The topological polar surface area (TPSA) is 46.3 Å². The number of fused-ring (bicyclic) bond motifs is 1. The summed E-state index contributed by atoms with van der Waals surface area (Å²) in [4.78, 5) is 9.50. The number of benzene rings is 1. The van der Waals surface area contributed by atoms with Gasteiger partial charge in [-0.1, -0.05) is 23.8 Å². The van der Waals surface area contributed by atoms with E-state index in [1.807, 2.05) is 44.9 Å². The van der Waals surface area contributed by atoms with Gasteiger partial charge in [-0.05, 0) is 38.8 Å². The zero-order chi connectivity index (χ0) is 19.2. The van der Waals surface area contributed by atoms with Crippen LogP contribution in [0, 0.1) is 20.8 Å². The predicted octanol–water partition coefficient (Wildman–Crippen LogP) is 4.27. The Bertz CT molecular complexity index is 961. The average molecular weight is 363 g/mol. The highest BCUT2D eigenvalue weighted by molar-refractivity contribution is 5.50. The Morgan fingerprint density at radius 3 is 2.38 bits per heavy atom. The Morgan fingerprint density at radius 2 is 1.77 bits per heavy atom. The largest absolute Gasteiger partial charge is 0.453 e. The number of aromatic nitrogens is 4. The molecule has 0 aliphatic rings. The highest BCUT2D eigenvalue weighted by atomic mass is 19.4. The summed E-state index contributed by atoms with van der Waals surface area (Å²) in [5.74, 6) is -0.751. The first kappa shape index (κ1) is 18.2. The monoisotopic (exact) mass is 363 g/mol. The molecule has 2 heterocycles. The van der Waals surface area contributed by atoms with Crippen molar-refractivity contribution < 1.29 is 13.2 Å². The lowest BCUT2D eigenvalue weighted by molar-refractivity contribution is -0.144. The van der Waals surface area contributed by atoms with Gasteiger partial charge in [0.15, 0.2) is 0 Å². The van der Waals surface area contributed by atoms with E-state index in [0.29, 0.717) is 11.5 Å². The average Bonchev–Trinajstić information content (AvgIpc) is 2.97. The van der Waals surface area contributed by atoms with Crippen molar-refractivity contribution in [3.05, 3.63) is 52.5 Å². The van der Waals surface area contributed by atoms with E-state index >= 15 is 0 Å². The molecule has 0 bridgehead atoms. The van der Waals surface area contributed by atoms with Crippen molar-refractivity contribution in [2.24, 2.45) is 0 Å². The van der Waals surface area contributed by atoms with E-state index in [4.69, 9.17) is 0 Å². The molecule has 1 aromatic carbocycles. The van der Waals surface area contributed by atoms with Gasteiger partial charge in [-0.25, -0.2) is 4.98 Å². The Morgan fingerprint density at radius 1 is 1.08 bits per heavy atom. The van der Waals surface area contributed by atoms with Gasteiger partial charge >= 0.3 is 6.18 Å². The molecule has 0 aliphatic heterocycles. The van der Waals surface area contributed by atoms with Crippen molar-refractivity contribution in [2.75, 3.05) is 11.9 Å². The van der Waals surface area contributed by atoms with Crippen LogP contribution >= 0.6 is 0 Å². The molecule has 138 valence electrons. The number of anilines is 1. The summed E-state index contributed by atoms with van der Waals surface area (Å²) in [5.41, 5.74) is 3.96. The highest BCUT2D eigenvalue weighted by Gasteiger charge is 2.37. The molecule has 0 fully saturated rings. The summed E-state index contributed by atoms with van der Waals surface area (Å²) >= 11 is 0. The summed E-state index contributed by atoms with van der Waals surface area (Å²) in [6.45, 7) is 7.77. The summed E-state index contributed by atoms with van der Waals surface area (Å²) < 4.78 is 40.1. The summed E-state index contributed by atoms with van der Waals surface area (Å²) in [5, 5.41) is 3.64. The van der Waals surface area contributed by atoms with Crippen LogP contribution in [0.15, 0.2) is 24.3 Å². The lowest BCUT2D eigenvalue weighted by Gasteiger charge is -2.28. The molecular formula is C18H20F3N5. The van der Waals surface area contributed by atoms with Gasteiger partial charge < -0.3 is 4.90 Å². The summed E-state index contributed by atoms with van der Waals surface area (Å²) in [6.07, 6.45) is -4.61. The van der Waals surface area contributed by atoms with Crippen molar-refractivity contribution in [1.82, 2.24) is 19.6 Å². The van der Waals surface area contributed by atoms with Crippen molar-refractivity contribution >= 4 is 11.6 Å². The third-order valence-corrected chi connectivity index (χ3v) is 4.49. The molecule has 1 unspecified atom stereocenters. The van der Waals surface area contributed by atoms with Crippen LogP contribution in [-0.2, 0) is 6.18 Å². The maximum atomic E-state index is 13.0. The molecule has 2 aromatic heterocycles. The summed E-state index contributed by atoms with van der Waals surface area (Å²) in [6, 6.07) is 7.79. The van der Waals surface area contributed by atoms with Crippen LogP contribution in [0.3, 0.4) is 0 Å². The molecule has 0 saturated carbocycles. The van der Waals surface area contributed by atoms with E-state index in [-0.39, 0.29) is 11.8 Å². The number of hydrogen-bond donors (Lipinski definition) is 0. The standard InChI is InChI=1S/C18H20F3N5/c1-10-6-7-14(11(2)8-10)13(4)25(5)15-9-12(3)22-17-23-16(18(19,20)21)24-26(15)17/h6-9,13H,1-5H3. The fourth-order valence-corrected chi connectivity index (χ4v) is 3.04. The van der Waals surface area contributed by atoms with E-state index in [2.05, 4.69) is 21.1 Å². The lowest BCUT2D eigenvalue weighted by atomic mass is 9.99. The summed E-state index contributed by atoms with van der Waals surface area (Å²) in [7, 11) is 1.83. The van der Waals surface area contributed by atoms with Gasteiger partial charge in [0.1, 0.15) is 5.82 Å². The molecule has 26 heavy (non-hydrogen) atoms. The molecule has 0 spiro atoms. The molecule has 0 saturated heterocycles. The Kier molecular flexibility index (Phi) is 4.37. The molecule has 0 amide bonds. The number of hydrogen-bond acceptors (Lipinski definition) is 4. The van der Waals surface area contributed by atoms with E-state index < -0.39 is 12.0 Å². The third kappa shape index (κ3) is 3.23. The first-order chi connectivity index (χ1) is 12.1. The smallest absolute Gasteiger partial charge is 0.353 e. The van der Waals surface area contributed by atoms with Crippen LogP contribution in [0.25, 0.3) is 5.78 Å². The van der Waals surface area contributed by atoms with Gasteiger partial charge in [-0.2, -0.15) is 22.7 Å². The van der Waals surface area contributed by atoms with Gasteiger partial charge in [0.25, 0.3) is 11.6 Å². The fraction of sp³-hybridized carbons (Fsp3) is 0.389. The van der Waals surface area contributed by atoms with Crippen LogP contribution in [0.5, 0.6) is 0 Å². The molecule has 3 aromatic rings. The molecule has 5 nitrogen and oxygen atoms in total. The predicted molar refractivity (Wildman–Crippen MR) is 93.3 cm³/mol. The van der Waals surface area contributed by atoms with Crippen molar-refractivity contribution in [2.45, 2.75) is 39.9 Å². The minimum Gasteiger partial charge on any atom is -0.353 e. The second kappa shape index (κ2) is 6.26. The maximum absolute atomic E-state index is 13.0. The normalized spacial score (nSPS) is 13.2. The number of halogens is 3. The minimum atomic E-state index is -4.61. The molecule has 3 rings (SSSR count). The second-order valence-electron chi connectivity index (χ2n) is 6.55. The van der Waals surface area contributed by atoms with Crippen LogP contribution in [0.1, 0.15) is 41.2 Å².